The number of aromatic nitrogens is 3. The summed E-state index contributed by atoms with van der Waals surface area (Å²) in [6, 6.07) is 10.6. The highest BCUT2D eigenvalue weighted by molar-refractivity contribution is 5.35. The zero-order chi connectivity index (χ0) is 14.7. The van der Waals surface area contributed by atoms with Crippen molar-refractivity contribution in [1.29, 1.82) is 0 Å². The van der Waals surface area contributed by atoms with Crippen LogP contribution in [0, 0.1) is 6.92 Å². The van der Waals surface area contributed by atoms with Crippen molar-refractivity contribution in [2.75, 3.05) is 0 Å². The molecule has 21 heavy (non-hydrogen) atoms. The molecule has 1 unspecified atom stereocenters. The van der Waals surface area contributed by atoms with Gasteiger partial charge < -0.3 is 14.4 Å². The molecule has 0 spiro atoms. The van der Waals surface area contributed by atoms with Crippen LogP contribution in [-0.2, 0) is 6.54 Å². The van der Waals surface area contributed by atoms with Crippen molar-refractivity contribution in [2.45, 2.75) is 26.4 Å². The van der Waals surface area contributed by atoms with E-state index in [0.717, 1.165) is 17.1 Å². The third kappa shape index (κ3) is 3.20. The SMILES string of the molecule is Cc1cc(CNC(C)c2ccc(-n3ccnc3)cc2)no1. The second kappa shape index (κ2) is 5.93. The molecular formula is C16H18N4O. The quantitative estimate of drug-likeness (QED) is 0.781. The summed E-state index contributed by atoms with van der Waals surface area (Å²) in [7, 11) is 0. The minimum absolute atomic E-state index is 0.249. The van der Waals surface area contributed by atoms with Crippen molar-refractivity contribution < 1.29 is 4.52 Å². The fourth-order valence-corrected chi connectivity index (χ4v) is 2.22. The Balaban J connectivity index is 1.63. The monoisotopic (exact) mass is 282 g/mol. The van der Waals surface area contributed by atoms with Gasteiger partial charge in [-0.25, -0.2) is 4.98 Å². The first-order chi connectivity index (χ1) is 10.2. The van der Waals surface area contributed by atoms with Crippen molar-refractivity contribution in [3.8, 4) is 5.69 Å². The van der Waals surface area contributed by atoms with Crippen LogP contribution in [0.15, 0.2) is 53.6 Å². The largest absolute Gasteiger partial charge is 0.361 e. The van der Waals surface area contributed by atoms with Gasteiger partial charge in [0.05, 0.1) is 12.0 Å². The van der Waals surface area contributed by atoms with Crippen LogP contribution in [0.25, 0.3) is 5.69 Å². The Morgan fingerprint density at radius 3 is 2.71 bits per heavy atom. The number of hydrogen-bond donors (Lipinski definition) is 1. The minimum atomic E-state index is 0.249. The summed E-state index contributed by atoms with van der Waals surface area (Å²) in [6.45, 7) is 4.73. The zero-order valence-electron chi connectivity index (χ0n) is 12.2. The van der Waals surface area contributed by atoms with Crippen LogP contribution >= 0.6 is 0 Å². The Morgan fingerprint density at radius 1 is 1.29 bits per heavy atom. The van der Waals surface area contributed by atoms with Crippen LogP contribution in [-0.4, -0.2) is 14.7 Å². The predicted molar refractivity (Wildman–Crippen MR) is 80.1 cm³/mol. The van der Waals surface area contributed by atoms with Gasteiger partial charge in [0.1, 0.15) is 5.76 Å². The van der Waals surface area contributed by atoms with E-state index in [-0.39, 0.29) is 6.04 Å². The fraction of sp³-hybridized carbons (Fsp3) is 0.250. The molecule has 0 saturated heterocycles. The lowest BCUT2D eigenvalue weighted by Gasteiger charge is -2.14. The van der Waals surface area contributed by atoms with Gasteiger partial charge in [-0.3, -0.25) is 0 Å². The molecule has 3 rings (SSSR count). The minimum Gasteiger partial charge on any atom is -0.361 e. The van der Waals surface area contributed by atoms with E-state index >= 15 is 0 Å². The maximum atomic E-state index is 5.06. The maximum absolute atomic E-state index is 5.06. The van der Waals surface area contributed by atoms with Crippen molar-refractivity contribution in [3.63, 3.8) is 0 Å². The topological polar surface area (TPSA) is 55.9 Å². The van der Waals surface area contributed by atoms with Crippen LogP contribution in [0.4, 0.5) is 0 Å². The van der Waals surface area contributed by atoms with Gasteiger partial charge in [-0.1, -0.05) is 17.3 Å². The molecule has 0 aliphatic rings. The first-order valence-corrected chi connectivity index (χ1v) is 6.96. The van der Waals surface area contributed by atoms with Crippen molar-refractivity contribution in [2.24, 2.45) is 0 Å². The highest BCUT2D eigenvalue weighted by Crippen LogP contribution is 2.16. The van der Waals surface area contributed by atoms with Crippen LogP contribution in [0.2, 0.25) is 0 Å². The second-order valence-electron chi connectivity index (χ2n) is 5.09. The van der Waals surface area contributed by atoms with Gasteiger partial charge in [-0.15, -0.1) is 0 Å². The Morgan fingerprint density at radius 2 is 2.10 bits per heavy atom. The lowest BCUT2D eigenvalue weighted by molar-refractivity contribution is 0.386. The molecule has 0 saturated carbocycles. The van der Waals surface area contributed by atoms with Crippen molar-refractivity contribution in [3.05, 3.63) is 66.1 Å². The number of benzene rings is 1. The van der Waals surface area contributed by atoms with Gasteiger partial charge in [0.25, 0.3) is 0 Å². The smallest absolute Gasteiger partial charge is 0.133 e. The van der Waals surface area contributed by atoms with Crippen LogP contribution in [0.5, 0.6) is 0 Å². The average molecular weight is 282 g/mol. The molecule has 0 amide bonds. The van der Waals surface area contributed by atoms with E-state index in [1.165, 1.54) is 5.56 Å². The number of imidazole rings is 1. The molecule has 1 atom stereocenters. The second-order valence-corrected chi connectivity index (χ2v) is 5.09. The first-order valence-electron chi connectivity index (χ1n) is 6.96. The summed E-state index contributed by atoms with van der Waals surface area (Å²) in [4.78, 5) is 4.06. The molecule has 3 aromatic rings. The van der Waals surface area contributed by atoms with E-state index in [0.29, 0.717) is 6.54 Å². The summed E-state index contributed by atoms with van der Waals surface area (Å²) >= 11 is 0. The lowest BCUT2D eigenvalue weighted by atomic mass is 10.1. The molecule has 0 fully saturated rings. The van der Waals surface area contributed by atoms with Crippen molar-refractivity contribution in [1.82, 2.24) is 20.0 Å². The van der Waals surface area contributed by atoms with E-state index in [2.05, 4.69) is 46.6 Å². The number of nitrogens with zero attached hydrogens (tertiary/aromatic N) is 3. The van der Waals surface area contributed by atoms with Crippen LogP contribution < -0.4 is 5.32 Å². The highest BCUT2D eigenvalue weighted by atomic mass is 16.5. The molecule has 1 N–H and O–H groups in total. The van der Waals surface area contributed by atoms with Gasteiger partial charge in [-0.2, -0.15) is 0 Å². The third-order valence-corrected chi connectivity index (χ3v) is 3.46. The fourth-order valence-electron chi connectivity index (χ4n) is 2.22. The molecule has 5 nitrogen and oxygen atoms in total. The first kappa shape index (κ1) is 13.6. The van der Waals surface area contributed by atoms with E-state index in [1.807, 2.05) is 23.8 Å². The Bertz CT molecular complexity index is 685. The standard InChI is InChI=1S/C16H18N4O/c1-12-9-15(19-21-12)10-18-13(2)14-3-5-16(6-4-14)20-8-7-17-11-20/h3-9,11,13,18H,10H2,1-2H3. The van der Waals surface area contributed by atoms with E-state index in [9.17, 15) is 0 Å². The molecule has 108 valence electrons. The molecule has 0 bridgehead atoms. The molecule has 5 heteroatoms. The molecule has 0 aliphatic heterocycles. The molecule has 1 aromatic carbocycles. The molecule has 2 aromatic heterocycles. The average Bonchev–Trinajstić information content (AvgIpc) is 3.16. The van der Waals surface area contributed by atoms with Gasteiger partial charge in [0.15, 0.2) is 0 Å². The number of aryl methyl sites for hydroxylation is 1. The van der Waals surface area contributed by atoms with Crippen molar-refractivity contribution >= 4 is 0 Å². The number of hydrogen-bond acceptors (Lipinski definition) is 4. The Hall–Kier alpha value is -2.40. The van der Waals surface area contributed by atoms with Crippen LogP contribution in [0.3, 0.4) is 0 Å². The summed E-state index contributed by atoms with van der Waals surface area (Å²) < 4.78 is 7.05. The molecule has 0 aliphatic carbocycles. The van der Waals surface area contributed by atoms with Gasteiger partial charge in [0.2, 0.25) is 0 Å². The zero-order valence-corrected chi connectivity index (χ0v) is 12.2. The normalized spacial score (nSPS) is 12.5. The van der Waals surface area contributed by atoms with E-state index in [1.54, 1.807) is 12.5 Å². The molecule has 2 heterocycles. The number of nitrogens with one attached hydrogen (secondary N) is 1. The third-order valence-electron chi connectivity index (χ3n) is 3.46. The highest BCUT2D eigenvalue weighted by Gasteiger charge is 2.07. The Kier molecular flexibility index (Phi) is 3.83. The van der Waals surface area contributed by atoms with Gasteiger partial charge in [0, 0.05) is 36.7 Å². The number of rotatable bonds is 5. The lowest BCUT2D eigenvalue weighted by Crippen LogP contribution is -2.18. The predicted octanol–water partition coefficient (Wildman–Crippen LogP) is 3.02. The summed E-state index contributed by atoms with van der Waals surface area (Å²) in [6.07, 6.45) is 5.51. The van der Waals surface area contributed by atoms with Gasteiger partial charge in [-0.05, 0) is 31.5 Å². The molecular weight excluding hydrogens is 264 g/mol. The van der Waals surface area contributed by atoms with Crippen LogP contribution in [0.1, 0.15) is 30.0 Å². The van der Waals surface area contributed by atoms with E-state index in [4.69, 9.17) is 4.52 Å². The van der Waals surface area contributed by atoms with Gasteiger partial charge >= 0.3 is 0 Å². The maximum Gasteiger partial charge on any atom is 0.133 e. The summed E-state index contributed by atoms with van der Waals surface area (Å²) in [5, 5.41) is 7.42. The summed E-state index contributed by atoms with van der Waals surface area (Å²) in [5.74, 6) is 0.837. The van der Waals surface area contributed by atoms with E-state index < -0.39 is 0 Å². The summed E-state index contributed by atoms with van der Waals surface area (Å²) in [5.41, 5.74) is 3.27. The Labute approximate surface area is 123 Å². The molecule has 0 radical (unpaired) electrons.